The van der Waals surface area contributed by atoms with E-state index in [1.54, 1.807) is 0 Å². The monoisotopic (exact) mass is 224 g/mol. The van der Waals surface area contributed by atoms with Gasteiger partial charge >= 0.3 is 0 Å². The molecule has 0 aliphatic rings. The van der Waals surface area contributed by atoms with Gasteiger partial charge in [0, 0.05) is 25.3 Å². The van der Waals surface area contributed by atoms with E-state index in [4.69, 9.17) is 0 Å². The predicted molar refractivity (Wildman–Crippen MR) is 68.9 cm³/mol. The van der Waals surface area contributed by atoms with E-state index in [2.05, 4.69) is 53.9 Å². The summed E-state index contributed by atoms with van der Waals surface area (Å²) in [6, 6.07) is 0.410. The van der Waals surface area contributed by atoms with E-state index in [-0.39, 0.29) is 0 Å². The van der Waals surface area contributed by atoms with Crippen LogP contribution in [0.25, 0.3) is 0 Å². The second-order valence-electron chi connectivity index (χ2n) is 4.71. The third kappa shape index (κ3) is 3.85. The number of nitrogens with zero attached hydrogens (tertiary/aromatic N) is 3. The highest BCUT2D eigenvalue weighted by atomic mass is 15.2. The van der Waals surface area contributed by atoms with Crippen LogP contribution in [-0.4, -0.2) is 41.1 Å². The van der Waals surface area contributed by atoms with Crippen LogP contribution in [0.4, 0.5) is 5.95 Å². The van der Waals surface area contributed by atoms with Crippen LogP contribution < -0.4 is 5.32 Å². The molecule has 0 aliphatic heterocycles. The molecular formula is C12H24N4. The lowest BCUT2D eigenvalue weighted by atomic mass is 10.3. The maximum Gasteiger partial charge on any atom is 0.203 e. The molecule has 1 rings (SSSR count). The van der Waals surface area contributed by atoms with Crippen LogP contribution >= 0.6 is 0 Å². The Kier molecular flexibility index (Phi) is 4.80. The van der Waals surface area contributed by atoms with Gasteiger partial charge in [0.05, 0.1) is 5.69 Å². The number of hydrogen-bond donors (Lipinski definition) is 1. The maximum atomic E-state index is 4.51. The smallest absolute Gasteiger partial charge is 0.203 e. The van der Waals surface area contributed by atoms with Crippen molar-refractivity contribution >= 4 is 5.95 Å². The average molecular weight is 224 g/mol. The first-order chi connectivity index (χ1) is 7.52. The molecular weight excluding hydrogens is 200 g/mol. The van der Waals surface area contributed by atoms with Crippen LogP contribution in [-0.2, 0) is 6.54 Å². The second kappa shape index (κ2) is 5.89. The van der Waals surface area contributed by atoms with Crippen LogP contribution in [0, 0.1) is 6.92 Å². The Morgan fingerprint density at radius 2 is 2.19 bits per heavy atom. The number of anilines is 1. The van der Waals surface area contributed by atoms with Crippen LogP contribution in [0.1, 0.15) is 26.0 Å². The molecule has 0 bridgehead atoms. The fourth-order valence-corrected chi connectivity index (χ4v) is 1.89. The Morgan fingerprint density at radius 3 is 2.75 bits per heavy atom. The maximum absolute atomic E-state index is 4.51. The fraction of sp³-hybridized carbons (Fsp3) is 0.750. The largest absolute Gasteiger partial charge is 0.352 e. The van der Waals surface area contributed by atoms with Gasteiger partial charge < -0.3 is 14.8 Å². The summed E-state index contributed by atoms with van der Waals surface area (Å²) in [6.45, 7) is 8.44. The molecule has 1 atom stereocenters. The molecule has 1 unspecified atom stereocenters. The number of hydrogen-bond acceptors (Lipinski definition) is 3. The van der Waals surface area contributed by atoms with Gasteiger partial charge in [0.2, 0.25) is 5.95 Å². The summed E-state index contributed by atoms with van der Waals surface area (Å²) in [6.07, 6.45) is 3.24. The zero-order chi connectivity index (χ0) is 12.1. The number of likely N-dealkylation sites (N-methyl/N-ethyl adjacent to an activating group) is 1. The molecule has 1 aromatic rings. The molecule has 0 saturated heterocycles. The minimum Gasteiger partial charge on any atom is -0.352 e. The molecule has 0 aliphatic carbocycles. The molecule has 92 valence electrons. The van der Waals surface area contributed by atoms with Crippen molar-refractivity contribution in [3.05, 3.63) is 11.9 Å². The van der Waals surface area contributed by atoms with Crippen molar-refractivity contribution in [2.24, 2.45) is 0 Å². The first kappa shape index (κ1) is 13.0. The molecule has 1 N–H and O–H groups in total. The summed E-state index contributed by atoms with van der Waals surface area (Å²) in [5, 5.41) is 3.46. The van der Waals surface area contributed by atoms with Crippen LogP contribution in [0.3, 0.4) is 0 Å². The van der Waals surface area contributed by atoms with Gasteiger partial charge in [-0.05, 0) is 34.4 Å². The van der Waals surface area contributed by atoms with Crippen molar-refractivity contribution in [1.82, 2.24) is 14.5 Å². The Balaban J connectivity index is 2.64. The standard InChI is InChI=1S/C12H24N4/c1-6-7-16-9-11(3)14-12(16)13-10(2)8-15(4)5/h9-10H,6-8H2,1-5H3,(H,13,14). The van der Waals surface area contributed by atoms with Crippen molar-refractivity contribution in [1.29, 1.82) is 0 Å². The summed E-state index contributed by atoms with van der Waals surface area (Å²) in [5.74, 6) is 0.994. The van der Waals surface area contributed by atoms with Gasteiger partial charge in [-0.25, -0.2) is 4.98 Å². The minimum absolute atomic E-state index is 0.410. The van der Waals surface area contributed by atoms with Gasteiger partial charge in [0.1, 0.15) is 0 Å². The molecule has 4 nitrogen and oxygen atoms in total. The fourth-order valence-electron chi connectivity index (χ4n) is 1.89. The molecule has 1 aromatic heterocycles. The highest BCUT2D eigenvalue weighted by Crippen LogP contribution is 2.10. The van der Waals surface area contributed by atoms with Gasteiger partial charge in [-0.2, -0.15) is 0 Å². The van der Waals surface area contributed by atoms with Gasteiger partial charge in [-0.1, -0.05) is 6.92 Å². The third-order valence-corrected chi connectivity index (χ3v) is 2.38. The van der Waals surface area contributed by atoms with Gasteiger partial charge in [0.25, 0.3) is 0 Å². The van der Waals surface area contributed by atoms with Gasteiger partial charge in [-0.3, -0.25) is 0 Å². The molecule has 0 amide bonds. The Labute approximate surface area is 98.7 Å². The van der Waals surface area contributed by atoms with Gasteiger partial charge in [-0.15, -0.1) is 0 Å². The van der Waals surface area contributed by atoms with Crippen molar-refractivity contribution in [2.45, 2.75) is 39.8 Å². The van der Waals surface area contributed by atoms with E-state index >= 15 is 0 Å². The number of aryl methyl sites for hydroxylation is 2. The summed E-state index contributed by atoms with van der Waals surface area (Å²) in [7, 11) is 4.17. The third-order valence-electron chi connectivity index (χ3n) is 2.38. The summed E-state index contributed by atoms with van der Waals surface area (Å²) < 4.78 is 2.20. The first-order valence-electron chi connectivity index (χ1n) is 5.98. The SMILES string of the molecule is CCCn1cc(C)nc1NC(C)CN(C)C. The minimum atomic E-state index is 0.410. The molecule has 1 heterocycles. The number of aromatic nitrogens is 2. The van der Waals surface area contributed by atoms with Crippen molar-refractivity contribution in [3.63, 3.8) is 0 Å². The second-order valence-corrected chi connectivity index (χ2v) is 4.71. The molecule has 0 aromatic carbocycles. The van der Waals surface area contributed by atoms with Crippen molar-refractivity contribution in [2.75, 3.05) is 26.0 Å². The molecule has 16 heavy (non-hydrogen) atoms. The van der Waals surface area contributed by atoms with E-state index in [0.717, 1.165) is 31.2 Å². The lowest BCUT2D eigenvalue weighted by Crippen LogP contribution is -2.30. The van der Waals surface area contributed by atoms with Crippen LogP contribution in [0.5, 0.6) is 0 Å². The molecule has 0 radical (unpaired) electrons. The molecule has 4 heteroatoms. The number of rotatable bonds is 6. The Morgan fingerprint density at radius 1 is 1.50 bits per heavy atom. The normalized spacial score (nSPS) is 13.1. The molecule has 0 spiro atoms. The predicted octanol–water partition coefficient (Wildman–Crippen LogP) is 1.96. The van der Waals surface area contributed by atoms with E-state index in [1.165, 1.54) is 0 Å². The summed E-state index contributed by atoms with van der Waals surface area (Å²) in [4.78, 5) is 6.69. The topological polar surface area (TPSA) is 33.1 Å². The number of imidazole rings is 1. The number of nitrogens with one attached hydrogen (secondary N) is 1. The van der Waals surface area contributed by atoms with E-state index in [1.807, 2.05) is 6.92 Å². The Bertz CT molecular complexity index is 317. The highest BCUT2D eigenvalue weighted by molar-refractivity contribution is 5.30. The van der Waals surface area contributed by atoms with Crippen molar-refractivity contribution < 1.29 is 0 Å². The molecule has 0 saturated carbocycles. The van der Waals surface area contributed by atoms with Crippen molar-refractivity contribution in [3.8, 4) is 0 Å². The first-order valence-corrected chi connectivity index (χ1v) is 5.98. The molecule has 0 fully saturated rings. The van der Waals surface area contributed by atoms with Gasteiger partial charge in [0.15, 0.2) is 0 Å². The lowest BCUT2D eigenvalue weighted by molar-refractivity contribution is 0.391. The lowest BCUT2D eigenvalue weighted by Gasteiger charge is -2.19. The summed E-state index contributed by atoms with van der Waals surface area (Å²) in [5.41, 5.74) is 1.08. The van der Waals surface area contributed by atoms with Crippen LogP contribution in [0.2, 0.25) is 0 Å². The average Bonchev–Trinajstić information content (AvgIpc) is 2.45. The highest BCUT2D eigenvalue weighted by Gasteiger charge is 2.09. The zero-order valence-electron chi connectivity index (χ0n) is 11.1. The quantitative estimate of drug-likeness (QED) is 0.802. The zero-order valence-corrected chi connectivity index (χ0v) is 11.1. The van der Waals surface area contributed by atoms with E-state index in [9.17, 15) is 0 Å². The van der Waals surface area contributed by atoms with E-state index in [0.29, 0.717) is 6.04 Å². The van der Waals surface area contributed by atoms with E-state index < -0.39 is 0 Å². The van der Waals surface area contributed by atoms with Crippen LogP contribution in [0.15, 0.2) is 6.20 Å². The Hall–Kier alpha value is -1.03. The summed E-state index contributed by atoms with van der Waals surface area (Å²) >= 11 is 0.